The van der Waals surface area contributed by atoms with Gasteiger partial charge in [0.2, 0.25) is 0 Å². The average molecular weight is 747 g/mol. The van der Waals surface area contributed by atoms with Gasteiger partial charge in [0.05, 0.1) is 25.6 Å². The lowest BCUT2D eigenvalue weighted by molar-refractivity contribution is -0.155. The van der Waals surface area contributed by atoms with E-state index in [1.54, 1.807) is 0 Å². The van der Waals surface area contributed by atoms with E-state index in [1.165, 1.54) is 205 Å². The molecule has 0 aliphatic rings. The predicted octanol–water partition coefficient (Wildman–Crippen LogP) is 16.5. The fraction of sp³-hybridized carbons (Fsp3) is 0.918. The van der Waals surface area contributed by atoms with Crippen molar-refractivity contribution >= 4 is 11.9 Å². The Hall–Kier alpha value is -1.32. The molecule has 314 valence electrons. The molecule has 0 rings (SSSR count). The van der Waals surface area contributed by atoms with Gasteiger partial charge in [-0.1, -0.05) is 238 Å². The maximum absolute atomic E-state index is 13.1. The van der Waals surface area contributed by atoms with E-state index < -0.39 is 0 Å². The first-order valence-corrected chi connectivity index (χ1v) is 24.1. The summed E-state index contributed by atoms with van der Waals surface area (Å²) in [5, 5.41) is 0. The Morgan fingerprint density at radius 3 is 1.08 bits per heavy atom. The molecule has 0 amide bonds. The SMILES string of the molecule is C=CCCCCCCCCCCCCCCCCCCCC(CC(=O)OCCCCCCCCCCCC)C(=O)OCCCCCCCCCCCC. The Morgan fingerprint density at radius 1 is 0.415 bits per heavy atom. The summed E-state index contributed by atoms with van der Waals surface area (Å²) >= 11 is 0. The van der Waals surface area contributed by atoms with Gasteiger partial charge in [0.25, 0.3) is 0 Å². The van der Waals surface area contributed by atoms with E-state index >= 15 is 0 Å². The molecular weight excluding hydrogens is 653 g/mol. The number of carbonyl (C=O) groups excluding carboxylic acids is 2. The third-order valence-electron chi connectivity index (χ3n) is 11.2. The number of rotatable bonds is 45. The first-order chi connectivity index (χ1) is 26.2. The molecule has 0 aromatic rings. The Balaban J connectivity index is 4.14. The van der Waals surface area contributed by atoms with Crippen LogP contribution in [-0.4, -0.2) is 25.2 Å². The van der Waals surface area contributed by atoms with Gasteiger partial charge in [-0.05, 0) is 32.1 Å². The van der Waals surface area contributed by atoms with E-state index in [1.807, 2.05) is 6.08 Å². The lowest BCUT2D eigenvalue weighted by atomic mass is 9.97. The molecule has 4 nitrogen and oxygen atoms in total. The minimum atomic E-state index is -0.360. The minimum Gasteiger partial charge on any atom is -0.466 e. The van der Waals surface area contributed by atoms with Crippen molar-refractivity contribution in [3.63, 3.8) is 0 Å². The molecule has 0 heterocycles. The third-order valence-corrected chi connectivity index (χ3v) is 11.2. The molecule has 0 aliphatic heterocycles. The van der Waals surface area contributed by atoms with E-state index in [0.717, 1.165) is 44.9 Å². The number of hydrogen-bond acceptors (Lipinski definition) is 4. The van der Waals surface area contributed by atoms with Crippen LogP contribution in [0.1, 0.15) is 271 Å². The fourth-order valence-electron chi connectivity index (χ4n) is 7.55. The number of esters is 2. The van der Waals surface area contributed by atoms with Crippen LogP contribution in [0.3, 0.4) is 0 Å². The number of unbranched alkanes of at least 4 members (excludes halogenated alkanes) is 35. The molecule has 0 aliphatic carbocycles. The lowest BCUT2D eigenvalue weighted by Crippen LogP contribution is -2.23. The van der Waals surface area contributed by atoms with Crippen molar-refractivity contribution in [2.24, 2.45) is 5.92 Å². The van der Waals surface area contributed by atoms with Crippen LogP contribution in [0.5, 0.6) is 0 Å². The Bertz CT molecular complexity index is 749. The van der Waals surface area contributed by atoms with Crippen molar-refractivity contribution < 1.29 is 19.1 Å². The fourth-order valence-corrected chi connectivity index (χ4v) is 7.55. The second kappa shape index (κ2) is 45.1. The van der Waals surface area contributed by atoms with Crippen molar-refractivity contribution in [2.75, 3.05) is 13.2 Å². The summed E-state index contributed by atoms with van der Waals surface area (Å²) in [5.41, 5.74) is 0. The van der Waals surface area contributed by atoms with E-state index in [0.29, 0.717) is 13.2 Å². The van der Waals surface area contributed by atoms with E-state index in [4.69, 9.17) is 9.47 Å². The molecule has 0 saturated carbocycles. The highest BCUT2D eigenvalue weighted by Gasteiger charge is 2.24. The van der Waals surface area contributed by atoms with Crippen LogP contribution in [0.15, 0.2) is 12.7 Å². The predicted molar refractivity (Wildman–Crippen MR) is 232 cm³/mol. The molecule has 0 N–H and O–H groups in total. The van der Waals surface area contributed by atoms with Gasteiger partial charge in [0.15, 0.2) is 0 Å². The topological polar surface area (TPSA) is 52.6 Å². The number of hydrogen-bond donors (Lipinski definition) is 0. The van der Waals surface area contributed by atoms with Crippen LogP contribution in [0.25, 0.3) is 0 Å². The monoisotopic (exact) mass is 747 g/mol. The van der Waals surface area contributed by atoms with Crippen LogP contribution in [0, 0.1) is 5.92 Å². The van der Waals surface area contributed by atoms with Gasteiger partial charge < -0.3 is 9.47 Å². The molecule has 1 unspecified atom stereocenters. The van der Waals surface area contributed by atoms with Crippen LogP contribution in [0.2, 0.25) is 0 Å². The maximum atomic E-state index is 13.1. The van der Waals surface area contributed by atoms with Crippen LogP contribution in [-0.2, 0) is 19.1 Å². The van der Waals surface area contributed by atoms with Gasteiger partial charge in [0, 0.05) is 0 Å². The van der Waals surface area contributed by atoms with Gasteiger partial charge in [-0.3, -0.25) is 9.59 Å². The summed E-state index contributed by atoms with van der Waals surface area (Å²) in [7, 11) is 0. The Kier molecular flexibility index (Phi) is 43.9. The molecule has 1 atom stereocenters. The van der Waals surface area contributed by atoms with Gasteiger partial charge in [-0.2, -0.15) is 0 Å². The second-order valence-corrected chi connectivity index (χ2v) is 16.5. The molecule has 0 radical (unpaired) electrons. The summed E-state index contributed by atoms with van der Waals surface area (Å²) in [6.07, 6.45) is 52.0. The van der Waals surface area contributed by atoms with Crippen molar-refractivity contribution in [2.45, 2.75) is 271 Å². The van der Waals surface area contributed by atoms with Crippen molar-refractivity contribution in [1.29, 1.82) is 0 Å². The van der Waals surface area contributed by atoms with Crippen molar-refractivity contribution in [1.82, 2.24) is 0 Å². The lowest BCUT2D eigenvalue weighted by Gasteiger charge is -2.16. The van der Waals surface area contributed by atoms with Crippen molar-refractivity contribution in [3.05, 3.63) is 12.7 Å². The van der Waals surface area contributed by atoms with Gasteiger partial charge in [-0.15, -0.1) is 6.58 Å². The van der Waals surface area contributed by atoms with Gasteiger partial charge in [-0.25, -0.2) is 0 Å². The van der Waals surface area contributed by atoms with E-state index in [-0.39, 0.29) is 24.3 Å². The molecule has 0 saturated heterocycles. The largest absolute Gasteiger partial charge is 0.466 e. The summed E-state index contributed by atoms with van der Waals surface area (Å²) in [6.45, 7) is 9.30. The standard InChI is InChI=1S/C49H94O4/c1-4-7-10-13-16-19-22-23-24-25-26-27-28-29-30-31-34-37-40-43-47(49(51)53-45-42-39-36-33-21-18-15-12-9-6-3)46-48(50)52-44-41-38-35-32-20-17-14-11-8-5-2/h4,47H,1,5-46H2,2-3H3. The molecule has 4 heteroatoms. The zero-order valence-electron chi connectivity index (χ0n) is 36.2. The highest BCUT2D eigenvalue weighted by Crippen LogP contribution is 2.20. The van der Waals surface area contributed by atoms with Gasteiger partial charge >= 0.3 is 11.9 Å². The highest BCUT2D eigenvalue weighted by molar-refractivity contribution is 5.79. The molecule has 0 aromatic heterocycles. The minimum absolute atomic E-state index is 0.171. The number of carbonyl (C=O) groups is 2. The van der Waals surface area contributed by atoms with Crippen molar-refractivity contribution in [3.8, 4) is 0 Å². The molecule has 0 spiro atoms. The first kappa shape index (κ1) is 51.7. The quantitative estimate of drug-likeness (QED) is 0.0354. The zero-order chi connectivity index (χ0) is 38.6. The second-order valence-electron chi connectivity index (χ2n) is 16.5. The molecule has 0 bridgehead atoms. The third kappa shape index (κ3) is 41.7. The van der Waals surface area contributed by atoms with Crippen LogP contribution >= 0.6 is 0 Å². The maximum Gasteiger partial charge on any atom is 0.309 e. The molecule has 0 aromatic carbocycles. The highest BCUT2D eigenvalue weighted by atomic mass is 16.5. The summed E-state index contributed by atoms with van der Waals surface area (Å²) in [5.74, 6) is -0.770. The Morgan fingerprint density at radius 2 is 0.717 bits per heavy atom. The number of allylic oxidation sites excluding steroid dienone is 1. The normalized spacial score (nSPS) is 11.9. The summed E-state index contributed by atoms with van der Waals surface area (Å²) in [4.78, 5) is 25.8. The summed E-state index contributed by atoms with van der Waals surface area (Å²) < 4.78 is 11.3. The smallest absolute Gasteiger partial charge is 0.309 e. The molecule has 53 heavy (non-hydrogen) atoms. The first-order valence-electron chi connectivity index (χ1n) is 24.1. The molecule has 0 fully saturated rings. The van der Waals surface area contributed by atoms with E-state index in [2.05, 4.69) is 20.4 Å². The van der Waals surface area contributed by atoms with E-state index in [9.17, 15) is 9.59 Å². The number of ether oxygens (including phenoxy) is 2. The Labute approximate surface area is 332 Å². The van der Waals surface area contributed by atoms with Gasteiger partial charge in [0.1, 0.15) is 0 Å². The average Bonchev–Trinajstić information content (AvgIpc) is 3.16. The zero-order valence-corrected chi connectivity index (χ0v) is 36.2. The van der Waals surface area contributed by atoms with Crippen LogP contribution < -0.4 is 0 Å². The van der Waals surface area contributed by atoms with Crippen LogP contribution in [0.4, 0.5) is 0 Å². The summed E-state index contributed by atoms with van der Waals surface area (Å²) in [6, 6.07) is 0. The molecular formula is C49H94O4.